The summed E-state index contributed by atoms with van der Waals surface area (Å²) in [6.45, 7) is 6.98. The molecule has 1 heterocycles. The molecule has 0 bridgehead atoms. The minimum Gasteiger partial charge on any atom is -0.255 e. The Hall–Kier alpha value is -0.0800. The predicted octanol–water partition coefficient (Wildman–Crippen LogP) is 5.68. The van der Waals surface area contributed by atoms with Gasteiger partial charge in [0.2, 0.25) is 0 Å². The molecule has 2 fully saturated rings. The topological polar surface area (TPSA) is 15.3 Å². The maximum atomic E-state index is 3.61. The summed E-state index contributed by atoms with van der Waals surface area (Å²) in [5.74, 6) is 0. The minimum absolute atomic E-state index is 0.843. The molecule has 0 radical (unpaired) electrons. The van der Waals surface area contributed by atoms with Gasteiger partial charge in [0.1, 0.15) is 0 Å². The van der Waals surface area contributed by atoms with Crippen LogP contribution in [0.5, 0.6) is 0 Å². The standard InChI is InChI=1S/C12H24N2.C7H16/c1-2-5-9-12(8-4-1)14-11-7-3-6-10-13-14;1-3-5-7-6-4-2/h12-13H,1-11H2;3-7H2,1-2H3. The summed E-state index contributed by atoms with van der Waals surface area (Å²) >= 11 is 0. The molecule has 0 aromatic carbocycles. The lowest BCUT2D eigenvalue weighted by atomic mass is 10.1. The SMILES string of the molecule is C1CCCC(N2CCCCCN2)CC1.CCCCCCC. The molecule has 1 N–H and O–H groups in total. The maximum Gasteiger partial charge on any atom is 0.0243 e. The Bertz CT molecular complexity index is 180. The molecule has 0 aromatic heterocycles. The van der Waals surface area contributed by atoms with Crippen LogP contribution in [0.25, 0.3) is 0 Å². The van der Waals surface area contributed by atoms with Crippen LogP contribution in [-0.4, -0.2) is 24.1 Å². The summed E-state index contributed by atoms with van der Waals surface area (Å²) < 4.78 is 0. The molecular formula is C19H40N2. The number of hydrazine groups is 1. The Balaban J connectivity index is 0.000000270. The molecule has 1 saturated heterocycles. The van der Waals surface area contributed by atoms with E-state index >= 15 is 0 Å². The van der Waals surface area contributed by atoms with Crippen molar-refractivity contribution in [3.05, 3.63) is 0 Å². The zero-order chi connectivity index (χ0) is 15.2. The van der Waals surface area contributed by atoms with E-state index in [0.29, 0.717) is 0 Å². The maximum absolute atomic E-state index is 3.61. The number of hydrogen-bond acceptors (Lipinski definition) is 2. The second-order valence-electron chi connectivity index (χ2n) is 6.87. The molecule has 126 valence electrons. The fraction of sp³-hybridized carbons (Fsp3) is 1.00. The lowest BCUT2D eigenvalue weighted by Gasteiger charge is -2.30. The summed E-state index contributed by atoms with van der Waals surface area (Å²) in [5.41, 5.74) is 3.61. The minimum atomic E-state index is 0.843. The second-order valence-corrected chi connectivity index (χ2v) is 6.87. The Morgan fingerprint density at radius 2 is 1.38 bits per heavy atom. The van der Waals surface area contributed by atoms with Gasteiger partial charge in [0.15, 0.2) is 0 Å². The second kappa shape index (κ2) is 13.6. The third-order valence-electron chi connectivity index (χ3n) is 4.86. The van der Waals surface area contributed by atoms with Crippen molar-refractivity contribution in [3.63, 3.8) is 0 Å². The van der Waals surface area contributed by atoms with Crippen LogP contribution >= 0.6 is 0 Å². The predicted molar refractivity (Wildman–Crippen MR) is 94.5 cm³/mol. The van der Waals surface area contributed by atoms with E-state index in [2.05, 4.69) is 24.3 Å². The third-order valence-corrected chi connectivity index (χ3v) is 4.86. The van der Waals surface area contributed by atoms with Crippen molar-refractivity contribution in [1.29, 1.82) is 0 Å². The highest BCUT2D eigenvalue weighted by molar-refractivity contribution is 4.73. The first-order valence-electron chi connectivity index (χ1n) is 9.88. The number of hydrogen-bond donors (Lipinski definition) is 1. The van der Waals surface area contributed by atoms with Crippen LogP contribution < -0.4 is 5.43 Å². The van der Waals surface area contributed by atoms with Crippen molar-refractivity contribution in [2.45, 2.75) is 110 Å². The first-order valence-corrected chi connectivity index (χ1v) is 9.88. The highest BCUT2D eigenvalue weighted by Gasteiger charge is 2.20. The van der Waals surface area contributed by atoms with Gasteiger partial charge in [-0.05, 0) is 25.7 Å². The molecule has 21 heavy (non-hydrogen) atoms. The van der Waals surface area contributed by atoms with Gasteiger partial charge in [-0.2, -0.15) is 0 Å². The molecule has 2 heteroatoms. The Morgan fingerprint density at radius 1 is 0.762 bits per heavy atom. The molecule has 2 rings (SSSR count). The van der Waals surface area contributed by atoms with E-state index < -0.39 is 0 Å². The number of rotatable bonds is 5. The fourth-order valence-electron chi connectivity index (χ4n) is 3.44. The Morgan fingerprint density at radius 3 is 2.00 bits per heavy atom. The van der Waals surface area contributed by atoms with Crippen LogP contribution in [0, 0.1) is 0 Å². The van der Waals surface area contributed by atoms with Gasteiger partial charge in [-0.15, -0.1) is 0 Å². The Labute approximate surface area is 134 Å². The average Bonchev–Trinajstić information content (AvgIpc) is 2.93. The quantitative estimate of drug-likeness (QED) is 0.519. The van der Waals surface area contributed by atoms with Gasteiger partial charge in [-0.25, -0.2) is 5.01 Å². The molecule has 0 atom stereocenters. The van der Waals surface area contributed by atoms with Crippen molar-refractivity contribution in [1.82, 2.24) is 10.4 Å². The van der Waals surface area contributed by atoms with Crippen LogP contribution in [0.15, 0.2) is 0 Å². The van der Waals surface area contributed by atoms with Gasteiger partial charge in [-0.1, -0.05) is 78.1 Å². The molecule has 0 spiro atoms. The zero-order valence-corrected chi connectivity index (χ0v) is 14.8. The van der Waals surface area contributed by atoms with Crippen molar-refractivity contribution >= 4 is 0 Å². The van der Waals surface area contributed by atoms with Gasteiger partial charge in [0.05, 0.1) is 0 Å². The molecule has 1 aliphatic carbocycles. The van der Waals surface area contributed by atoms with Crippen LogP contribution in [0.4, 0.5) is 0 Å². The van der Waals surface area contributed by atoms with Gasteiger partial charge < -0.3 is 0 Å². The summed E-state index contributed by atoms with van der Waals surface area (Å²) in [7, 11) is 0. The molecule has 1 saturated carbocycles. The zero-order valence-electron chi connectivity index (χ0n) is 14.8. The van der Waals surface area contributed by atoms with E-state index in [9.17, 15) is 0 Å². The largest absolute Gasteiger partial charge is 0.255 e. The molecule has 0 aromatic rings. The van der Waals surface area contributed by atoms with E-state index in [1.165, 1.54) is 103 Å². The average molecular weight is 297 g/mol. The summed E-state index contributed by atoms with van der Waals surface area (Å²) in [4.78, 5) is 0. The first kappa shape index (κ1) is 19.0. The van der Waals surface area contributed by atoms with Crippen LogP contribution in [0.2, 0.25) is 0 Å². The van der Waals surface area contributed by atoms with E-state index in [4.69, 9.17) is 0 Å². The number of unbranched alkanes of at least 4 members (excludes halogenated alkanes) is 4. The van der Waals surface area contributed by atoms with Crippen molar-refractivity contribution in [2.75, 3.05) is 13.1 Å². The first-order chi connectivity index (χ1) is 10.4. The van der Waals surface area contributed by atoms with E-state index in [1.54, 1.807) is 0 Å². The highest BCUT2D eigenvalue weighted by Crippen LogP contribution is 2.21. The summed E-state index contributed by atoms with van der Waals surface area (Å²) in [5, 5.41) is 2.55. The molecule has 1 aliphatic heterocycles. The van der Waals surface area contributed by atoms with E-state index in [0.717, 1.165) is 6.04 Å². The molecular weight excluding hydrogens is 256 g/mol. The van der Waals surface area contributed by atoms with Gasteiger partial charge in [0.25, 0.3) is 0 Å². The smallest absolute Gasteiger partial charge is 0.0243 e. The summed E-state index contributed by atoms with van der Waals surface area (Å²) in [6, 6.07) is 0.843. The van der Waals surface area contributed by atoms with Crippen LogP contribution in [-0.2, 0) is 0 Å². The monoisotopic (exact) mass is 296 g/mol. The van der Waals surface area contributed by atoms with Gasteiger partial charge >= 0.3 is 0 Å². The van der Waals surface area contributed by atoms with Crippen molar-refractivity contribution in [2.24, 2.45) is 0 Å². The Kier molecular flexibility index (Phi) is 12.3. The number of nitrogens with one attached hydrogen (secondary N) is 1. The van der Waals surface area contributed by atoms with Crippen molar-refractivity contribution < 1.29 is 0 Å². The molecule has 0 unspecified atom stereocenters. The number of nitrogens with zero attached hydrogens (tertiary/aromatic N) is 1. The fourth-order valence-corrected chi connectivity index (χ4v) is 3.44. The molecule has 0 amide bonds. The van der Waals surface area contributed by atoms with E-state index in [1.807, 2.05) is 0 Å². The lowest BCUT2D eigenvalue weighted by molar-refractivity contribution is 0.120. The summed E-state index contributed by atoms with van der Waals surface area (Å²) in [6.07, 6.45) is 19.8. The third kappa shape index (κ3) is 9.52. The molecule has 2 nitrogen and oxygen atoms in total. The van der Waals surface area contributed by atoms with Crippen LogP contribution in [0.1, 0.15) is 104 Å². The normalized spacial score (nSPS) is 22.0. The van der Waals surface area contributed by atoms with Crippen molar-refractivity contribution in [3.8, 4) is 0 Å². The van der Waals surface area contributed by atoms with Crippen LogP contribution in [0.3, 0.4) is 0 Å². The van der Waals surface area contributed by atoms with E-state index in [-0.39, 0.29) is 0 Å². The lowest BCUT2D eigenvalue weighted by Crippen LogP contribution is -2.45. The molecule has 2 aliphatic rings. The highest BCUT2D eigenvalue weighted by atomic mass is 15.5. The van der Waals surface area contributed by atoms with Gasteiger partial charge in [-0.3, -0.25) is 5.43 Å². The van der Waals surface area contributed by atoms with Gasteiger partial charge in [0, 0.05) is 19.1 Å².